The van der Waals surface area contributed by atoms with E-state index in [9.17, 15) is 9.59 Å². The molecule has 0 spiro atoms. The molecule has 2 amide bonds. The summed E-state index contributed by atoms with van der Waals surface area (Å²) in [6, 6.07) is 4.85. The number of amides is 2. The van der Waals surface area contributed by atoms with Crippen LogP contribution in [0.2, 0.25) is 10.0 Å². The summed E-state index contributed by atoms with van der Waals surface area (Å²) >= 11 is 11.7. The molecule has 8 heteroatoms. The van der Waals surface area contributed by atoms with Gasteiger partial charge in [0.15, 0.2) is 0 Å². The van der Waals surface area contributed by atoms with Gasteiger partial charge in [0.1, 0.15) is 0 Å². The minimum Gasteiger partial charge on any atom is -0.379 e. The number of carbonyl (C=O) groups is 2. The first-order valence-corrected chi connectivity index (χ1v) is 8.85. The minimum absolute atomic E-state index is 0.0874. The molecule has 1 aromatic rings. The number of anilines is 1. The number of likely N-dealkylation sites (N-methyl/N-ethyl adjacent to an activating group) is 1. The van der Waals surface area contributed by atoms with E-state index in [2.05, 4.69) is 10.6 Å². The van der Waals surface area contributed by atoms with Crippen molar-refractivity contribution in [3.8, 4) is 0 Å². The van der Waals surface area contributed by atoms with Gasteiger partial charge >= 0.3 is 0 Å². The summed E-state index contributed by atoms with van der Waals surface area (Å²) in [5, 5.41) is 6.30. The molecule has 2 N–H and O–H groups in total. The highest BCUT2D eigenvalue weighted by molar-refractivity contribution is 6.42. The Labute approximate surface area is 158 Å². The van der Waals surface area contributed by atoms with Crippen molar-refractivity contribution in [3.63, 3.8) is 0 Å². The van der Waals surface area contributed by atoms with Crippen LogP contribution in [-0.4, -0.2) is 56.1 Å². The lowest BCUT2D eigenvalue weighted by Crippen LogP contribution is -2.39. The highest BCUT2D eigenvalue weighted by Gasteiger charge is 2.11. The van der Waals surface area contributed by atoms with Crippen molar-refractivity contribution in [2.24, 2.45) is 0 Å². The number of nitrogens with zero attached hydrogens (tertiary/aromatic N) is 1. The smallest absolute Gasteiger partial charge is 0.238 e. The van der Waals surface area contributed by atoms with Gasteiger partial charge in [-0.15, -0.1) is 0 Å². The fourth-order valence-corrected chi connectivity index (χ4v) is 2.29. The SMILES string of the molecule is CC(C)OCCCNC(=O)CN(C)CC(=O)Nc1ccc(Cl)c(Cl)c1. The molecule has 0 fully saturated rings. The van der Waals surface area contributed by atoms with Crippen LogP contribution in [0.1, 0.15) is 20.3 Å². The predicted molar refractivity (Wildman–Crippen MR) is 101 cm³/mol. The normalized spacial score (nSPS) is 11.0. The Balaban J connectivity index is 2.25. The second-order valence-corrected chi connectivity index (χ2v) is 6.79. The molecule has 0 atom stereocenters. The molecule has 0 aliphatic heterocycles. The van der Waals surface area contributed by atoms with Gasteiger partial charge in [-0.05, 0) is 45.5 Å². The summed E-state index contributed by atoms with van der Waals surface area (Å²) in [6.07, 6.45) is 0.946. The van der Waals surface area contributed by atoms with Crippen molar-refractivity contribution in [3.05, 3.63) is 28.2 Å². The molecule has 140 valence electrons. The van der Waals surface area contributed by atoms with Gasteiger partial charge in [0, 0.05) is 18.8 Å². The Bertz CT molecular complexity index is 582. The molecule has 0 saturated carbocycles. The highest BCUT2D eigenvalue weighted by atomic mass is 35.5. The maximum Gasteiger partial charge on any atom is 0.238 e. The van der Waals surface area contributed by atoms with Crippen LogP contribution < -0.4 is 10.6 Å². The van der Waals surface area contributed by atoms with Crippen LogP contribution in [-0.2, 0) is 14.3 Å². The Morgan fingerprint density at radius 2 is 1.84 bits per heavy atom. The van der Waals surface area contributed by atoms with Crippen molar-refractivity contribution in [2.45, 2.75) is 26.4 Å². The minimum atomic E-state index is -0.237. The highest BCUT2D eigenvalue weighted by Crippen LogP contribution is 2.24. The quantitative estimate of drug-likeness (QED) is 0.603. The molecule has 1 aromatic carbocycles. The molecule has 0 aliphatic rings. The summed E-state index contributed by atoms with van der Waals surface area (Å²) in [5.74, 6) is -0.367. The molecular weight excluding hydrogens is 365 g/mol. The van der Waals surface area contributed by atoms with Crippen LogP contribution in [0.25, 0.3) is 0 Å². The third-order valence-corrected chi connectivity index (χ3v) is 3.86. The van der Waals surface area contributed by atoms with E-state index in [1.165, 1.54) is 0 Å². The fourth-order valence-electron chi connectivity index (χ4n) is 2.00. The number of hydrogen-bond acceptors (Lipinski definition) is 4. The van der Waals surface area contributed by atoms with Crippen molar-refractivity contribution >= 4 is 40.7 Å². The Morgan fingerprint density at radius 1 is 1.16 bits per heavy atom. The van der Waals surface area contributed by atoms with Crippen molar-refractivity contribution in [1.82, 2.24) is 10.2 Å². The molecule has 0 aromatic heterocycles. The molecule has 1 rings (SSSR count). The van der Waals surface area contributed by atoms with Crippen LogP contribution in [0.15, 0.2) is 18.2 Å². The van der Waals surface area contributed by atoms with Crippen LogP contribution in [0.5, 0.6) is 0 Å². The van der Waals surface area contributed by atoms with E-state index in [1.54, 1.807) is 30.1 Å². The predicted octanol–water partition coefficient (Wildman–Crippen LogP) is 2.80. The van der Waals surface area contributed by atoms with Gasteiger partial charge in [0.2, 0.25) is 11.8 Å². The lowest BCUT2D eigenvalue weighted by Gasteiger charge is -2.16. The van der Waals surface area contributed by atoms with E-state index in [4.69, 9.17) is 27.9 Å². The first-order chi connectivity index (χ1) is 11.8. The van der Waals surface area contributed by atoms with Gasteiger partial charge in [0.05, 0.1) is 29.2 Å². The number of nitrogens with one attached hydrogen (secondary N) is 2. The topological polar surface area (TPSA) is 70.7 Å². The summed E-state index contributed by atoms with van der Waals surface area (Å²) in [6.45, 7) is 5.33. The first-order valence-electron chi connectivity index (χ1n) is 8.09. The van der Waals surface area contributed by atoms with E-state index in [0.29, 0.717) is 28.9 Å². The Morgan fingerprint density at radius 3 is 2.48 bits per heavy atom. The molecule has 0 radical (unpaired) electrons. The second-order valence-electron chi connectivity index (χ2n) is 5.97. The third kappa shape index (κ3) is 9.65. The number of hydrogen-bond donors (Lipinski definition) is 2. The molecular formula is C17H25Cl2N3O3. The Kier molecular flexibility index (Phi) is 9.82. The van der Waals surface area contributed by atoms with Gasteiger partial charge in [-0.2, -0.15) is 0 Å². The van der Waals surface area contributed by atoms with Gasteiger partial charge < -0.3 is 15.4 Å². The van der Waals surface area contributed by atoms with Crippen LogP contribution >= 0.6 is 23.2 Å². The second kappa shape index (κ2) is 11.3. The monoisotopic (exact) mass is 389 g/mol. The van der Waals surface area contributed by atoms with E-state index in [-0.39, 0.29) is 31.0 Å². The van der Waals surface area contributed by atoms with Gasteiger partial charge in [-0.25, -0.2) is 0 Å². The van der Waals surface area contributed by atoms with E-state index in [1.807, 2.05) is 13.8 Å². The van der Waals surface area contributed by atoms with Crippen LogP contribution in [0.3, 0.4) is 0 Å². The number of benzene rings is 1. The molecule has 0 heterocycles. The van der Waals surface area contributed by atoms with E-state index in [0.717, 1.165) is 6.42 Å². The zero-order valence-corrected chi connectivity index (χ0v) is 16.3. The lowest BCUT2D eigenvalue weighted by atomic mass is 10.3. The number of halogens is 2. The van der Waals surface area contributed by atoms with Crippen molar-refractivity contribution in [1.29, 1.82) is 0 Å². The largest absolute Gasteiger partial charge is 0.379 e. The summed E-state index contributed by atoms with van der Waals surface area (Å²) in [5.41, 5.74) is 0.558. The molecule has 25 heavy (non-hydrogen) atoms. The average molecular weight is 390 g/mol. The van der Waals surface area contributed by atoms with Gasteiger partial charge in [-0.3, -0.25) is 14.5 Å². The van der Waals surface area contributed by atoms with Gasteiger partial charge in [-0.1, -0.05) is 23.2 Å². The zero-order valence-electron chi connectivity index (χ0n) is 14.8. The number of carbonyl (C=O) groups excluding carboxylic acids is 2. The zero-order chi connectivity index (χ0) is 18.8. The number of ether oxygens (including phenoxy) is 1. The standard InChI is InChI=1S/C17H25Cl2N3O3/c1-12(2)25-8-4-7-20-16(23)10-22(3)11-17(24)21-13-5-6-14(18)15(19)9-13/h5-6,9,12H,4,7-8,10-11H2,1-3H3,(H,20,23)(H,21,24). The van der Waals surface area contributed by atoms with E-state index < -0.39 is 0 Å². The maximum absolute atomic E-state index is 12.0. The van der Waals surface area contributed by atoms with Crippen molar-refractivity contribution < 1.29 is 14.3 Å². The van der Waals surface area contributed by atoms with Crippen LogP contribution in [0, 0.1) is 0 Å². The van der Waals surface area contributed by atoms with E-state index >= 15 is 0 Å². The summed E-state index contributed by atoms with van der Waals surface area (Å²) < 4.78 is 5.40. The molecule has 0 bridgehead atoms. The van der Waals surface area contributed by atoms with Crippen LogP contribution in [0.4, 0.5) is 5.69 Å². The van der Waals surface area contributed by atoms with Crippen molar-refractivity contribution in [2.75, 3.05) is 38.6 Å². The average Bonchev–Trinajstić information content (AvgIpc) is 2.50. The molecule has 0 saturated heterocycles. The summed E-state index contributed by atoms with van der Waals surface area (Å²) in [4.78, 5) is 25.4. The fraction of sp³-hybridized carbons (Fsp3) is 0.529. The maximum atomic E-state index is 12.0. The molecule has 0 aliphatic carbocycles. The van der Waals surface area contributed by atoms with Gasteiger partial charge in [0.25, 0.3) is 0 Å². The molecule has 6 nitrogen and oxygen atoms in total. The number of rotatable bonds is 10. The summed E-state index contributed by atoms with van der Waals surface area (Å²) in [7, 11) is 1.70. The Hall–Kier alpha value is -1.34. The lowest BCUT2D eigenvalue weighted by molar-refractivity contribution is -0.123. The molecule has 0 unspecified atom stereocenters. The third-order valence-electron chi connectivity index (χ3n) is 3.12. The first kappa shape index (κ1) is 21.7.